The van der Waals surface area contributed by atoms with E-state index in [4.69, 9.17) is 14.6 Å². The Bertz CT molecular complexity index is 1180. The minimum Gasteiger partial charge on any atom is -0.494 e. The molecule has 1 N–H and O–H groups in total. The number of aliphatic carboxylic acids is 1. The highest BCUT2D eigenvalue weighted by molar-refractivity contribution is 7.91. The Morgan fingerprint density at radius 1 is 0.844 bits per heavy atom. The summed E-state index contributed by atoms with van der Waals surface area (Å²) in [6, 6.07) is 18.5. The van der Waals surface area contributed by atoms with Crippen LogP contribution in [0.3, 0.4) is 0 Å². The van der Waals surface area contributed by atoms with Crippen LogP contribution in [0, 0.1) is 0 Å². The standard InChI is InChI=1S/C25H26O6S/c1-3-12-31-22-13-18(15-25(26)27)14-24(17-22)32(28,29)23-7-5-6-20(16-23)19-8-10-21(11-9-19)30-4-2/h5-11,13-14,16-17H,3-4,12,15H2,1-2H3,(H,26,27). The van der Waals surface area contributed by atoms with Crippen molar-refractivity contribution < 1.29 is 27.8 Å². The molecule has 3 aromatic rings. The predicted molar refractivity (Wildman–Crippen MR) is 122 cm³/mol. The van der Waals surface area contributed by atoms with Crippen LogP contribution in [0.25, 0.3) is 11.1 Å². The van der Waals surface area contributed by atoms with Gasteiger partial charge in [-0.3, -0.25) is 4.79 Å². The first kappa shape index (κ1) is 23.3. The summed E-state index contributed by atoms with van der Waals surface area (Å²) in [5, 5.41) is 9.16. The zero-order valence-corrected chi connectivity index (χ0v) is 18.9. The minimum atomic E-state index is -3.89. The molecule has 0 atom stereocenters. The summed E-state index contributed by atoms with van der Waals surface area (Å²) >= 11 is 0. The molecule has 32 heavy (non-hydrogen) atoms. The molecule has 0 spiro atoms. The number of ether oxygens (including phenoxy) is 2. The van der Waals surface area contributed by atoms with Crippen molar-refractivity contribution in [1.29, 1.82) is 0 Å². The van der Waals surface area contributed by atoms with Crippen LogP contribution in [0.1, 0.15) is 25.8 Å². The van der Waals surface area contributed by atoms with Gasteiger partial charge in [-0.05, 0) is 72.5 Å². The number of hydrogen-bond donors (Lipinski definition) is 1. The topological polar surface area (TPSA) is 89.9 Å². The quantitative estimate of drug-likeness (QED) is 0.464. The Labute approximate surface area is 188 Å². The third kappa shape index (κ3) is 5.68. The summed E-state index contributed by atoms with van der Waals surface area (Å²) in [6.07, 6.45) is 0.452. The maximum atomic E-state index is 13.4. The molecule has 3 aromatic carbocycles. The van der Waals surface area contributed by atoms with E-state index in [1.807, 2.05) is 44.2 Å². The van der Waals surface area contributed by atoms with Crippen LogP contribution >= 0.6 is 0 Å². The third-order valence-corrected chi connectivity index (χ3v) is 6.45. The van der Waals surface area contributed by atoms with E-state index < -0.39 is 15.8 Å². The van der Waals surface area contributed by atoms with Crippen LogP contribution in [-0.2, 0) is 21.1 Å². The maximum absolute atomic E-state index is 13.4. The number of benzene rings is 3. The molecule has 0 aliphatic heterocycles. The molecule has 0 aromatic heterocycles. The van der Waals surface area contributed by atoms with Gasteiger partial charge in [0.1, 0.15) is 11.5 Å². The van der Waals surface area contributed by atoms with Crippen molar-refractivity contribution in [2.45, 2.75) is 36.5 Å². The molecule has 0 heterocycles. The van der Waals surface area contributed by atoms with Gasteiger partial charge in [0, 0.05) is 0 Å². The molecule has 0 aliphatic rings. The zero-order valence-electron chi connectivity index (χ0n) is 18.1. The summed E-state index contributed by atoms with van der Waals surface area (Å²) in [7, 11) is -3.89. The van der Waals surface area contributed by atoms with Gasteiger partial charge in [-0.2, -0.15) is 0 Å². The van der Waals surface area contributed by atoms with Crippen molar-refractivity contribution >= 4 is 15.8 Å². The van der Waals surface area contributed by atoms with Gasteiger partial charge in [-0.15, -0.1) is 0 Å². The smallest absolute Gasteiger partial charge is 0.307 e. The Hall–Kier alpha value is -3.32. The number of carbonyl (C=O) groups is 1. The molecule has 7 heteroatoms. The van der Waals surface area contributed by atoms with Crippen molar-refractivity contribution in [2.75, 3.05) is 13.2 Å². The normalized spacial score (nSPS) is 11.2. The highest BCUT2D eigenvalue weighted by atomic mass is 32.2. The molecular formula is C25H26O6S. The summed E-state index contributed by atoms with van der Waals surface area (Å²) < 4.78 is 37.9. The summed E-state index contributed by atoms with van der Waals surface area (Å²) in [5.74, 6) is 0.0419. The van der Waals surface area contributed by atoms with Crippen LogP contribution < -0.4 is 9.47 Å². The first-order valence-corrected chi connectivity index (χ1v) is 11.9. The van der Waals surface area contributed by atoms with Gasteiger partial charge >= 0.3 is 5.97 Å². The van der Waals surface area contributed by atoms with E-state index >= 15 is 0 Å². The second kappa shape index (κ2) is 10.3. The lowest BCUT2D eigenvalue weighted by atomic mass is 10.1. The first-order chi connectivity index (χ1) is 15.3. The van der Waals surface area contributed by atoms with Gasteiger partial charge in [-0.25, -0.2) is 8.42 Å². The lowest BCUT2D eigenvalue weighted by Crippen LogP contribution is -2.07. The van der Waals surface area contributed by atoms with E-state index in [0.29, 0.717) is 24.5 Å². The average molecular weight is 455 g/mol. The molecule has 6 nitrogen and oxygen atoms in total. The van der Waals surface area contributed by atoms with E-state index in [-0.39, 0.29) is 16.2 Å². The third-order valence-electron chi connectivity index (χ3n) is 4.72. The number of rotatable bonds is 10. The van der Waals surface area contributed by atoms with Gasteiger partial charge in [0.05, 0.1) is 29.4 Å². The van der Waals surface area contributed by atoms with E-state index in [1.54, 1.807) is 18.2 Å². The Balaban J connectivity index is 2.00. The number of carboxylic acids is 1. The van der Waals surface area contributed by atoms with E-state index in [1.165, 1.54) is 18.2 Å². The van der Waals surface area contributed by atoms with Gasteiger partial charge in [-0.1, -0.05) is 31.2 Å². The summed E-state index contributed by atoms with van der Waals surface area (Å²) in [6.45, 7) is 4.82. The maximum Gasteiger partial charge on any atom is 0.307 e. The van der Waals surface area contributed by atoms with E-state index in [9.17, 15) is 13.2 Å². The molecule has 0 radical (unpaired) electrons. The molecule has 0 aliphatic carbocycles. The van der Waals surface area contributed by atoms with Crippen LogP contribution in [0.2, 0.25) is 0 Å². The fourth-order valence-corrected chi connectivity index (χ4v) is 4.64. The molecule has 0 bridgehead atoms. The second-order valence-electron chi connectivity index (χ2n) is 7.22. The van der Waals surface area contributed by atoms with Gasteiger partial charge < -0.3 is 14.6 Å². The van der Waals surface area contributed by atoms with Crippen LogP contribution in [0.15, 0.2) is 76.5 Å². The van der Waals surface area contributed by atoms with E-state index in [0.717, 1.165) is 23.3 Å². The van der Waals surface area contributed by atoms with Crippen molar-refractivity contribution in [2.24, 2.45) is 0 Å². The van der Waals surface area contributed by atoms with Crippen molar-refractivity contribution in [3.05, 3.63) is 72.3 Å². The van der Waals surface area contributed by atoms with Gasteiger partial charge in [0.25, 0.3) is 0 Å². The number of hydrogen-bond acceptors (Lipinski definition) is 5. The molecule has 0 saturated carbocycles. The molecule has 168 valence electrons. The fourth-order valence-electron chi connectivity index (χ4n) is 3.25. The predicted octanol–water partition coefficient (Wildman–Crippen LogP) is 5.00. The Kier molecular flexibility index (Phi) is 7.53. The van der Waals surface area contributed by atoms with Crippen molar-refractivity contribution in [3.63, 3.8) is 0 Å². The monoisotopic (exact) mass is 454 g/mol. The van der Waals surface area contributed by atoms with Crippen LogP contribution in [0.5, 0.6) is 11.5 Å². The highest BCUT2D eigenvalue weighted by Crippen LogP contribution is 2.30. The zero-order chi connectivity index (χ0) is 23.1. The Morgan fingerprint density at radius 2 is 1.59 bits per heavy atom. The lowest BCUT2D eigenvalue weighted by molar-refractivity contribution is -0.136. The molecule has 3 rings (SSSR count). The highest BCUT2D eigenvalue weighted by Gasteiger charge is 2.21. The van der Waals surface area contributed by atoms with Crippen LogP contribution in [0.4, 0.5) is 0 Å². The molecule has 0 fully saturated rings. The summed E-state index contributed by atoms with van der Waals surface area (Å²) in [4.78, 5) is 11.3. The lowest BCUT2D eigenvalue weighted by Gasteiger charge is -2.12. The second-order valence-corrected chi connectivity index (χ2v) is 9.17. The number of sulfone groups is 1. The largest absolute Gasteiger partial charge is 0.494 e. The van der Waals surface area contributed by atoms with Gasteiger partial charge in [0.15, 0.2) is 0 Å². The van der Waals surface area contributed by atoms with Crippen LogP contribution in [-0.4, -0.2) is 32.7 Å². The number of carboxylic acid groups (broad SMARTS) is 1. The molecular weight excluding hydrogens is 428 g/mol. The van der Waals surface area contributed by atoms with Crippen molar-refractivity contribution in [3.8, 4) is 22.6 Å². The van der Waals surface area contributed by atoms with Gasteiger partial charge in [0.2, 0.25) is 9.84 Å². The molecule has 0 amide bonds. The fraction of sp³-hybridized carbons (Fsp3) is 0.240. The van der Waals surface area contributed by atoms with Crippen molar-refractivity contribution in [1.82, 2.24) is 0 Å². The van der Waals surface area contributed by atoms with E-state index in [2.05, 4.69) is 0 Å². The molecule has 0 unspecified atom stereocenters. The minimum absolute atomic E-state index is 0.00574. The molecule has 0 saturated heterocycles. The average Bonchev–Trinajstić information content (AvgIpc) is 2.78. The summed E-state index contributed by atoms with van der Waals surface area (Å²) in [5.41, 5.74) is 1.97. The first-order valence-electron chi connectivity index (χ1n) is 10.4. The SMILES string of the molecule is CCCOc1cc(CC(=O)O)cc(S(=O)(=O)c2cccc(-c3ccc(OCC)cc3)c2)c1. The Morgan fingerprint density at radius 3 is 2.25 bits per heavy atom.